The molecule has 0 aliphatic carbocycles. The van der Waals surface area contributed by atoms with E-state index in [0.29, 0.717) is 19.7 Å². The van der Waals surface area contributed by atoms with Crippen LogP contribution in [0.4, 0.5) is 13.2 Å². The van der Waals surface area contributed by atoms with Gasteiger partial charge < -0.3 is 14.7 Å². The number of halogens is 3. The molecule has 96 valence electrons. The Morgan fingerprint density at radius 2 is 1.94 bits per heavy atom. The fourth-order valence-electron chi connectivity index (χ4n) is 1.84. The Morgan fingerprint density at radius 1 is 1.38 bits per heavy atom. The summed E-state index contributed by atoms with van der Waals surface area (Å²) in [5.74, 6) is 0. The largest absolute Gasteiger partial charge is 0.415 e. The van der Waals surface area contributed by atoms with Gasteiger partial charge in [-0.1, -0.05) is 0 Å². The predicted molar refractivity (Wildman–Crippen MR) is 53.1 cm³/mol. The lowest BCUT2D eigenvalue weighted by Crippen LogP contribution is -2.45. The highest BCUT2D eigenvalue weighted by atomic mass is 19.4. The molecule has 0 saturated carbocycles. The number of likely N-dealkylation sites (tertiary alicyclic amines) is 1. The zero-order chi connectivity index (χ0) is 12.2. The van der Waals surface area contributed by atoms with Gasteiger partial charge in [-0.15, -0.1) is 0 Å². The molecular formula is C10H18F3NO2. The number of piperidine rings is 1. The number of aliphatic hydroxyl groups is 1. The monoisotopic (exact) mass is 241 g/mol. The minimum atomic E-state index is -4.52. The molecule has 0 aromatic heterocycles. The molecular weight excluding hydrogens is 223 g/mol. The molecule has 6 heteroatoms. The van der Waals surface area contributed by atoms with Gasteiger partial charge in [0.1, 0.15) is 0 Å². The highest BCUT2D eigenvalue weighted by molar-refractivity contribution is 4.77. The van der Waals surface area contributed by atoms with Crippen molar-refractivity contribution in [3.05, 3.63) is 0 Å². The van der Waals surface area contributed by atoms with E-state index in [1.807, 2.05) is 6.92 Å². The Bertz CT molecular complexity index is 203. The Balaban J connectivity index is 2.27. The number of alkyl halides is 3. The van der Waals surface area contributed by atoms with Crippen LogP contribution in [0.3, 0.4) is 0 Å². The zero-order valence-corrected chi connectivity index (χ0v) is 9.33. The maximum absolute atomic E-state index is 12.1. The van der Waals surface area contributed by atoms with Crippen molar-refractivity contribution in [2.75, 3.05) is 26.2 Å². The Morgan fingerprint density at radius 3 is 2.38 bits per heavy atom. The van der Waals surface area contributed by atoms with Crippen molar-refractivity contribution in [1.82, 2.24) is 4.90 Å². The summed E-state index contributed by atoms with van der Waals surface area (Å²) in [6.07, 6.45) is -5.13. The molecule has 1 aliphatic heterocycles. The first-order valence-electron chi connectivity index (χ1n) is 5.52. The van der Waals surface area contributed by atoms with Gasteiger partial charge in [-0.2, -0.15) is 13.2 Å². The van der Waals surface area contributed by atoms with E-state index in [-0.39, 0.29) is 12.6 Å². The van der Waals surface area contributed by atoms with Crippen LogP contribution in [0.2, 0.25) is 0 Å². The fourth-order valence-corrected chi connectivity index (χ4v) is 1.84. The molecule has 3 nitrogen and oxygen atoms in total. The van der Waals surface area contributed by atoms with Crippen molar-refractivity contribution < 1.29 is 23.0 Å². The first-order chi connectivity index (χ1) is 7.43. The van der Waals surface area contributed by atoms with Gasteiger partial charge in [0.25, 0.3) is 0 Å². The summed E-state index contributed by atoms with van der Waals surface area (Å²) in [6.45, 7) is 3.31. The summed E-state index contributed by atoms with van der Waals surface area (Å²) in [7, 11) is 0. The quantitative estimate of drug-likeness (QED) is 0.807. The van der Waals surface area contributed by atoms with E-state index in [2.05, 4.69) is 0 Å². The Kier molecular flexibility index (Phi) is 5.01. The zero-order valence-electron chi connectivity index (χ0n) is 9.33. The van der Waals surface area contributed by atoms with Gasteiger partial charge in [0.15, 0.2) is 6.10 Å². The third-order valence-corrected chi connectivity index (χ3v) is 2.75. The second-order valence-electron chi connectivity index (χ2n) is 4.01. The van der Waals surface area contributed by atoms with Gasteiger partial charge in [0.05, 0.1) is 6.10 Å². The van der Waals surface area contributed by atoms with E-state index in [1.54, 1.807) is 4.90 Å². The highest BCUT2D eigenvalue weighted by Gasteiger charge is 2.39. The van der Waals surface area contributed by atoms with Crippen molar-refractivity contribution in [3.8, 4) is 0 Å². The van der Waals surface area contributed by atoms with Crippen molar-refractivity contribution in [2.24, 2.45) is 0 Å². The third kappa shape index (κ3) is 4.27. The second kappa shape index (κ2) is 5.84. The van der Waals surface area contributed by atoms with Gasteiger partial charge in [-0.3, -0.25) is 0 Å². The van der Waals surface area contributed by atoms with E-state index >= 15 is 0 Å². The molecule has 0 aromatic rings. The smallest absolute Gasteiger partial charge is 0.382 e. The van der Waals surface area contributed by atoms with Crippen molar-refractivity contribution in [3.63, 3.8) is 0 Å². The first-order valence-corrected chi connectivity index (χ1v) is 5.52. The lowest BCUT2D eigenvalue weighted by Gasteiger charge is -2.33. The maximum Gasteiger partial charge on any atom is 0.415 e. The molecule has 1 N–H and O–H groups in total. The van der Waals surface area contributed by atoms with E-state index in [0.717, 1.165) is 12.8 Å². The minimum Gasteiger partial charge on any atom is -0.382 e. The molecule has 1 rings (SSSR count). The van der Waals surface area contributed by atoms with Crippen LogP contribution in [0, 0.1) is 0 Å². The summed E-state index contributed by atoms with van der Waals surface area (Å²) >= 11 is 0. The Hall–Kier alpha value is -0.330. The van der Waals surface area contributed by atoms with Crippen LogP contribution >= 0.6 is 0 Å². The predicted octanol–water partition coefficient (Wildman–Crippen LogP) is 1.41. The van der Waals surface area contributed by atoms with Gasteiger partial charge in [-0.05, 0) is 19.8 Å². The number of hydrogen-bond donors (Lipinski definition) is 1. The molecule has 0 radical (unpaired) electrons. The summed E-state index contributed by atoms with van der Waals surface area (Å²) in [5, 5.41) is 8.91. The van der Waals surface area contributed by atoms with Crippen LogP contribution in [-0.4, -0.2) is 54.6 Å². The number of rotatable bonds is 4. The van der Waals surface area contributed by atoms with Crippen molar-refractivity contribution in [1.29, 1.82) is 0 Å². The molecule has 0 spiro atoms. The topological polar surface area (TPSA) is 32.7 Å². The van der Waals surface area contributed by atoms with E-state index in [4.69, 9.17) is 9.84 Å². The lowest BCUT2D eigenvalue weighted by atomic mass is 10.1. The van der Waals surface area contributed by atoms with E-state index in [1.165, 1.54) is 0 Å². The van der Waals surface area contributed by atoms with E-state index in [9.17, 15) is 13.2 Å². The van der Waals surface area contributed by atoms with Gasteiger partial charge in [-0.25, -0.2) is 0 Å². The lowest BCUT2D eigenvalue weighted by molar-refractivity contribution is -0.209. The van der Waals surface area contributed by atoms with Crippen LogP contribution in [0.25, 0.3) is 0 Å². The minimum absolute atomic E-state index is 0.157. The number of nitrogens with zero attached hydrogens (tertiary/aromatic N) is 1. The maximum atomic E-state index is 12.1. The number of ether oxygens (including phenoxy) is 1. The third-order valence-electron chi connectivity index (χ3n) is 2.75. The molecule has 1 unspecified atom stereocenters. The average Bonchev–Trinajstić information content (AvgIpc) is 2.20. The molecule has 1 aliphatic rings. The molecule has 0 amide bonds. The highest BCUT2D eigenvalue weighted by Crippen LogP contribution is 2.22. The van der Waals surface area contributed by atoms with Crippen molar-refractivity contribution in [2.45, 2.75) is 38.1 Å². The van der Waals surface area contributed by atoms with Gasteiger partial charge in [0, 0.05) is 26.2 Å². The molecule has 1 heterocycles. The molecule has 0 bridgehead atoms. The molecule has 0 aromatic carbocycles. The van der Waals surface area contributed by atoms with Gasteiger partial charge in [0.2, 0.25) is 0 Å². The molecule has 1 saturated heterocycles. The number of β-amino-alcohol motifs (C(OH)–C–C–N with tert-alkyl or cyclic N) is 1. The summed E-state index contributed by atoms with van der Waals surface area (Å²) in [6, 6.07) is 0. The molecule has 16 heavy (non-hydrogen) atoms. The van der Waals surface area contributed by atoms with Crippen LogP contribution in [-0.2, 0) is 4.74 Å². The molecule has 1 atom stereocenters. The fraction of sp³-hybridized carbons (Fsp3) is 1.00. The van der Waals surface area contributed by atoms with Crippen molar-refractivity contribution >= 4 is 0 Å². The van der Waals surface area contributed by atoms with Crippen LogP contribution in [0.1, 0.15) is 19.8 Å². The average molecular weight is 241 g/mol. The number of hydrogen-bond acceptors (Lipinski definition) is 3. The summed E-state index contributed by atoms with van der Waals surface area (Å²) < 4.78 is 41.7. The standard InChI is InChI=1S/C10H18F3NO2/c1-2-16-8-3-5-14(6-4-8)7-9(15)10(11,12)13/h8-9,15H,2-7H2,1H3. The second-order valence-corrected chi connectivity index (χ2v) is 4.01. The molecule has 1 fully saturated rings. The normalized spacial score (nSPS) is 22.3. The summed E-state index contributed by atoms with van der Waals surface area (Å²) in [4.78, 5) is 1.63. The first kappa shape index (κ1) is 13.7. The summed E-state index contributed by atoms with van der Waals surface area (Å²) in [5.41, 5.74) is 0. The SMILES string of the molecule is CCOC1CCN(CC(O)C(F)(F)F)CC1. The van der Waals surface area contributed by atoms with Gasteiger partial charge >= 0.3 is 6.18 Å². The number of aliphatic hydroxyl groups excluding tert-OH is 1. The Labute approximate surface area is 93.2 Å². The van der Waals surface area contributed by atoms with Crippen LogP contribution in [0.5, 0.6) is 0 Å². The van der Waals surface area contributed by atoms with Crippen LogP contribution in [0.15, 0.2) is 0 Å². The van der Waals surface area contributed by atoms with E-state index < -0.39 is 12.3 Å². The van der Waals surface area contributed by atoms with Crippen LogP contribution < -0.4 is 0 Å².